The Morgan fingerprint density at radius 1 is 0.889 bits per heavy atom. The monoisotopic (exact) mass is 539 g/mol. The smallest absolute Gasteiger partial charge is 0.323 e. The molecule has 5 aromatic rings. The van der Waals surface area contributed by atoms with Gasteiger partial charge in [0.05, 0.1) is 17.1 Å². The van der Waals surface area contributed by atoms with Crippen LogP contribution in [0.15, 0.2) is 120 Å². The number of methoxy groups -OCH3 is 1. The summed E-state index contributed by atoms with van der Waals surface area (Å²) in [5.74, 6) is -0.335. The molecule has 5 rings (SSSR count). The number of ether oxygens (including phenoxy) is 1. The summed E-state index contributed by atoms with van der Waals surface area (Å²) in [6, 6.07) is 34.0. The molecule has 0 aliphatic carbocycles. The van der Waals surface area contributed by atoms with Crippen LogP contribution in [0.5, 0.6) is 0 Å². The van der Waals surface area contributed by atoms with Crippen LogP contribution in [-0.4, -0.2) is 28.5 Å². The molecule has 5 nitrogen and oxygen atoms in total. The van der Waals surface area contributed by atoms with Crippen molar-refractivity contribution in [3.63, 3.8) is 0 Å². The number of benzene rings is 3. The van der Waals surface area contributed by atoms with Crippen LogP contribution in [0.25, 0.3) is 5.65 Å². The molecule has 0 radical (unpaired) electrons. The molecule has 1 atom stereocenters. The van der Waals surface area contributed by atoms with Gasteiger partial charge in [-0.15, -0.1) is 0 Å². The molecule has 0 fully saturated rings. The number of hydrogen-bond donors (Lipinski definition) is 1. The van der Waals surface area contributed by atoms with Crippen molar-refractivity contribution in [1.82, 2.24) is 14.7 Å². The van der Waals surface area contributed by atoms with E-state index in [1.807, 2.05) is 77.3 Å². The number of pyridine rings is 1. The fourth-order valence-electron chi connectivity index (χ4n) is 4.82. The topological polar surface area (TPSA) is 55.6 Å². The number of hydrogen-bond acceptors (Lipinski definition) is 4. The first-order valence-corrected chi connectivity index (χ1v) is 12.6. The predicted molar refractivity (Wildman–Crippen MR) is 145 cm³/mol. The molecule has 0 aliphatic heterocycles. The highest BCUT2D eigenvalue weighted by Gasteiger charge is 2.40. The van der Waals surface area contributed by atoms with Crippen LogP contribution in [0.3, 0.4) is 0 Å². The number of nitrogens with zero attached hydrogens (tertiary/aromatic N) is 2. The molecule has 2 aromatic heterocycles. The first-order valence-electron chi connectivity index (χ1n) is 11.8. The third-order valence-corrected chi connectivity index (χ3v) is 7.11. The van der Waals surface area contributed by atoms with Gasteiger partial charge in [-0.1, -0.05) is 91.0 Å². The van der Waals surface area contributed by atoms with E-state index < -0.39 is 11.6 Å². The summed E-state index contributed by atoms with van der Waals surface area (Å²) >= 11 is 3.57. The van der Waals surface area contributed by atoms with Crippen LogP contribution in [0.4, 0.5) is 0 Å². The van der Waals surface area contributed by atoms with Gasteiger partial charge in [0.25, 0.3) is 0 Å². The molecule has 0 spiro atoms. The molecule has 6 heteroatoms. The lowest BCUT2D eigenvalue weighted by Crippen LogP contribution is -2.53. The molecule has 2 heterocycles. The van der Waals surface area contributed by atoms with Crippen molar-refractivity contribution in [2.75, 3.05) is 7.11 Å². The molecule has 36 heavy (non-hydrogen) atoms. The lowest BCUT2D eigenvalue weighted by molar-refractivity contribution is -0.143. The average molecular weight is 540 g/mol. The maximum absolute atomic E-state index is 13.3. The normalized spacial score (nSPS) is 12.4. The van der Waals surface area contributed by atoms with Crippen molar-refractivity contribution in [2.45, 2.75) is 18.0 Å². The van der Waals surface area contributed by atoms with Crippen LogP contribution < -0.4 is 5.32 Å². The number of rotatable bonds is 8. The van der Waals surface area contributed by atoms with Gasteiger partial charge in [-0.05, 0) is 44.8 Å². The number of aromatic nitrogens is 2. The Morgan fingerprint density at radius 2 is 1.42 bits per heavy atom. The Labute approximate surface area is 218 Å². The maximum atomic E-state index is 13.3. The van der Waals surface area contributed by atoms with Crippen LogP contribution in [0.2, 0.25) is 0 Å². The number of esters is 1. The molecule has 0 amide bonds. The highest BCUT2D eigenvalue weighted by atomic mass is 79.9. The zero-order valence-corrected chi connectivity index (χ0v) is 21.4. The van der Waals surface area contributed by atoms with E-state index >= 15 is 0 Å². The van der Waals surface area contributed by atoms with Crippen LogP contribution >= 0.6 is 15.9 Å². The second-order valence-electron chi connectivity index (χ2n) is 8.57. The summed E-state index contributed by atoms with van der Waals surface area (Å²) < 4.78 is 8.21. The second kappa shape index (κ2) is 10.5. The molecule has 0 aliphatic rings. The summed E-state index contributed by atoms with van der Waals surface area (Å²) in [6.45, 7) is 0. The fourth-order valence-corrected chi connectivity index (χ4v) is 5.25. The van der Waals surface area contributed by atoms with E-state index in [9.17, 15) is 4.79 Å². The largest absolute Gasteiger partial charge is 0.468 e. The van der Waals surface area contributed by atoms with E-state index in [-0.39, 0.29) is 5.97 Å². The highest BCUT2D eigenvalue weighted by molar-refractivity contribution is 9.10. The number of imidazole rings is 1. The minimum Gasteiger partial charge on any atom is -0.468 e. The molecule has 0 unspecified atom stereocenters. The summed E-state index contributed by atoms with van der Waals surface area (Å²) in [5.41, 5.74) is 4.03. The number of carbonyl (C=O) groups excluding carboxylic acids is 1. The molecule has 3 aromatic carbocycles. The molecule has 0 saturated heterocycles. The number of halogens is 1. The zero-order valence-electron chi connectivity index (χ0n) is 19.8. The predicted octanol–water partition coefficient (Wildman–Crippen LogP) is 5.76. The fraction of sp³-hybridized carbons (Fsp3) is 0.133. The SMILES string of the molecule is COC(=O)[C@H](Cc1ccc(Br)c2nccn12)NC(c1ccccc1)(c1ccccc1)c1ccccc1. The Kier molecular flexibility index (Phi) is 6.98. The van der Waals surface area contributed by atoms with Crippen molar-refractivity contribution in [3.8, 4) is 0 Å². The van der Waals surface area contributed by atoms with E-state index in [2.05, 4.69) is 62.6 Å². The Morgan fingerprint density at radius 3 is 1.92 bits per heavy atom. The van der Waals surface area contributed by atoms with Gasteiger partial charge >= 0.3 is 5.97 Å². The van der Waals surface area contributed by atoms with Gasteiger partial charge in [-0.3, -0.25) is 10.1 Å². The van der Waals surface area contributed by atoms with Crippen molar-refractivity contribution in [3.05, 3.63) is 142 Å². The molecule has 180 valence electrons. The molecule has 0 saturated carbocycles. The first kappa shape index (κ1) is 24.0. The Bertz CT molecular complexity index is 1360. The Hall–Kier alpha value is -3.74. The van der Waals surface area contributed by atoms with E-state index in [1.54, 1.807) is 6.20 Å². The summed E-state index contributed by atoms with van der Waals surface area (Å²) in [6.07, 6.45) is 4.07. The van der Waals surface area contributed by atoms with Gasteiger partial charge in [0.1, 0.15) is 6.04 Å². The van der Waals surface area contributed by atoms with Gasteiger partial charge in [-0.2, -0.15) is 0 Å². The Balaban J connectivity index is 1.69. The van der Waals surface area contributed by atoms with E-state index in [0.29, 0.717) is 6.42 Å². The van der Waals surface area contributed by atoms with Crippen LogP contribution in [0, 0.1) is 0 Å². The van der Waals surface area contributed by atoms with Gasteiger partial charge in [-0.25, -0.2) is 4.98 Å². The highest BCUT2D eigenvalue weighted by Crippen LogP contribution is 2.37. The quantitative estimate of drug-likeness (QED) is 0.201. The van der Waals surface area contributed by atoms with Gasteiger partial charge < -0.3 is 9.14 Å². The lowest BCUT2D eigenvalue weighted by atomic mass is 9.76. The summed E-state index contributed by atoms with van der Waals surface area (Å²) in [7, 11) is 1.43. The average Bonchev–Trinajstić information content (AvgIpc) is 3.45. The minimum absolute atomic E-state index is 0.335. The van der Waals surface area contributed by atoms with Crippen LogP contribution in [0.1, 0.15) is 22.4 Å². The van der Waals surface area contributed by atoms with E-state index in [1.165, 1.54) is 7.11 Å². The second-order valence-corrected chi connectivity index (χ2v) is 9.42. The van der Waals surface area contributed by atoms with Gasteiger partial charge in [0.15, 0.2) is 5.65 Å². The molecule has 0 bridgehead atoms. The van der Waals surface area contributed by atoms with E-state index in [0.717, 1.165) is 32.5 Å². The van der Waals surface area contributed by atoms with Crippen molar-refractivity contribution in [2.24, 2.45) is 0 Å². The summed E-state index contributed by atoms with van der Waals surface area (Å²) in [4.78, 5) is 17.8. The number of nitrogens with one attached hydrogen (secondary N) is 1. The number of carbonyl (C=O) groups is 1. The molecule has 1 N–H and O–H groups in total. The summed E-state index contributed by atoms with van der Waals surface area (Å²) in [5, 5.41) is 3.77. The van der Waals surface area contributed by atoms with Gasteiger partial charge in [0.2, 0.25) is 0 Å². The zero-order chi connectivity index (χ0) is 25.0. The third kappa shape index (κ3) is 4.45. The van der Waals surface area contributed by atoms with Crippen LogP contribution in [-0.2, 0) is 21.5 Å². The lowest BCUT2D eigenvalue weighted by Gasteiger charge is -2.39. The third-order valence-electron chi connectivity index (χ3n) is 6.50. The molecular formula is C30H26BrN3O2. The van der Waals surface area contributed by atoms with Crippen molar-refractivity contribution < 1.29 is 9.53 Å². The molecular weight excluding hydrogens is 514 g/mol. The standard InChI is InChI=1S/C30H26BrN3O2/c1-36-29(35)27(21-25-17-18-26(31)28-32-19-20-34(25)28)33-30(22-11-5-2-6-12-22,23-13-7-3-8-14-23)24-15-9-4-10-16-24/h2-20,27,33H,21H2,1H3/t27-/m0/s1. The van der Waals surface area contributed by atoms with Crippen molar-refractivity contribution >= 4 is 27.5 Å². The van der Waals surface area contributed by atoms with E-state index in [4.69, 9.17) is 4.74 Å². The minimum atomic E-state index is -0.800. The van der Waals surface area contributed by atoms with Crippen molar-refractivity contribution in [1.29, 1.82) is 0 Å². The van der Waals surface area contributed by atoms with Gasteiger partial charge in [0, 0.05) is 24.5 Å². The first-order chi connectivity index (χ1) is 17.6. The number of fused-ring (bicyclic) bond motifs is 1. The maximum Gasteiger partial charge on any atom is 0.323 e.